The molecule has 0 aromatic heterocycles. The highest BCUT2D eigenvalue weighted by Gasteiger charge is 2.48. The van der Waals surface area contributed by atoms with E-state index in [-0.39, 0.29) is 11.5 Å². The van der Waals surface area contributed by atoms with E-state index in [0.717, 1.165) is 29.5 Å². The van der Waals surface area contributed by atoms with Crippen LogP contribution in [0, 0.1) is 13.8 Å². The number of aromatic carboxylic acids is 1. The van der Waals surface area contributed by atoms with E-state index in [4.69, 9.17) is 5.73 Å². The van der Waals surface area contributed by atoms with Crippen LogP contribution in [-0.2, 0) is 5.41 Å². The number of hydrogen-bond donors (Lipinski definition) is 2. The molecule has 0 spiro atoms. The predicted octanol–water partition coefficient (Wildman–Crippen LogP) is 2.38. The molecule has 17 heavy (non-hydrogen) atoms. The van der Waals surface area contributed by atoms with Gasteiger partial charge < -0.3 is 10.8 Å². The Kier molecular flexibility index (Phi) is 2.74. The minimum atomic E-state index is -0.857. The fraction of sp³-hybridized carbons (Fsp3) is 0.500. The first-order chi connectivity index (χ1) is 7.88. The zero-order chi connectivity index (χ0) is 12.8. The second kappa shape index (κ2) is 3.84. The van der Waals surface area contributed by atoms with E-state index in [1.807, 2.05) is 32.9 Å². The summed E-state index contributed by atoms with van der Waals surface area (Å²) in [5.41, 5.74) is 9.56. The van der Waals surface area contributed by atoms with Crippen LogP contribution in [0.5, 0.6) is 0 Å². The number of benzene rings is 1. The number of nitrogens with two attached hydrogens (primary N) is 1. The van der Waals surface area contributed by atoms with E-state index in [1.54, 1.807) is 0 Å². The minimum Gasteiger partial charge on any atom is -0.478 e. The number of aryl methyl sites for hydroxylation is 2. The van der Waals surface area contributed by atoms with Gasteiger partial charge in [0.2, 0.25) is 0 Å². The first kappa shape index (κ1) is 12.1. The topological polar surface area (TPSA) is 63.3 Å². The number of hydrogen-bond acceptors (Lipinski definition) is 2. The summed E-state index contributed by atoms with van der Waals surface area (Å²) >= 11 is 0. The normalized spacial score (nSPS) is 18.8. The molecule has 1 atom stereocenters. The van der Waals surface area contributed by atoms with E-state index < -0.39 is 5.97 Å². The van der Waals surface area contributed by atoms with Crippen molar-refractivity contribution >= 4 is 5.97 Å². The quantitative estimate of drug-likeness (QED) is 0.842. The van der Waals surface area contributed by atoms with Gasteiger partial charge in [0, 0.05) is 11.5 Å². The monoisotopic (exact) mass is 233 g/mol. The summed E-state index contributed by atoms with van der Waals surface area (Å²) in [5.74, 6) is -0.857. The standard InChI is InChI=1S/C14H19NO2/c1-8-6-9(2)12(7-11(8)13(16)17)14(4-5-14)10(3)15/h6-7,10H,4-5,15H2,1-3H3,(H,16,17). The SMILES string of the molecule is Cc1cc(C)c(C2(C(C)N)CC2)cc1C(=O)O. The van der Waals surface area contributed by atoms with Crippen molar-refractivity contribution in [3.05, 3.63) is 34.4 Å². The second-order valence-corrected chi connectivity index (χ2v) is 5.23. The largest absolute Gasteiger partial charge is 0.478 e. The van der Waals surface area contributed by atoms with E-state index in [0.29, 0.717) is 5.56 Å². The van der Waals surface area contributed by atoms with Crippen LogP contribution in [0.25, 0.3) is 0 Å². The molecule has 3 heteroatoms. The average molecular weight is 233 g/mol. The van der Waals surface area contributed by atoms with Gasteiger partial charge in [0.1, 0.15) is 0 Å². The third kappa shape index (κ3) is 1.84. The first-order valence-corrected chi connectivity index (χ1v) is 5.99. The summed E-state index contributed by atoms with van der Waals surface area (Å²) in [7, 11) is 0. The fourth-order valence-corrected chi connectivity index (χ4v) is 2.72. The highest BCUT2D eigenvalue weighted by atomic mass is 16.4. The van der Waals surface area contributed by atoms with E-state index in [2.05, 4.69) is 0 Å². The van der Waals surface area contributed by atoms with Crippen molar-refractivity contribution in [3.63, 3.8) is 0 Å². The van der Waals surface area contributed by atoms with Crippen LogP contribution in [0.4, 0.5) is 0 Å². The Morgan fingerprint density at radius 2 is 1.94 bits per heavy atom. The average Bonchev–Trinajstić information content (AvgIpc) is 2.97. The Balaban J connectivity index is 2.55. The third-order valence-corrected chi connectivity index (χ3v) is 4.00. The van der Waals surface area contributed by atoms with Gasteiger partial charge in [0.15, 0.2) is 0 Å². The Morgan fingerprint density at radius 3 is 2.35 bits per heavy atom. The number of carbonyl (C=O) groups is 1. The van der Waals surface area contributed by atoms with E-state index >= 15 is 0 Å². The van der Waals surface area contributed by atoms with E-state index in [9.17, 15) is 9.90 Å². The Morgan fingerprint density at radius 1 is 1.35 bits per heavy atom. The van der Waals surface area contributed by atoms with Crippen molar-refractivity contribution < 1.29 is 9.90 Å². The van der Waals surface area contributed by atoms with E-state index in [1.165, 1.54) is 0 Å². The molecule has 1 unspecified atom stereocenters. The fourth-order valence-electron chi connectivity index (χ4n) is 2.72. The molecule has 2 rings (SSSR count). The number of rotatable bonds is 3. The van der Waals surface area contributed by atoms with Crippen LogP contribution in [0.15, 0.2) is 12.1 Å². The molecule has 0 bridgehead atoms. The van der Waals surface area contributed by atoms with Crippen molar-refractivity contribution in [2.45, 2.75) is 45.1 Å². The number of carboxylic acid groups (broad SMARTS) is 1. The molecule has 1 aromatic carbocycles. The highest BCUT2D eigenvalue weighted by Crippen LogP contribution is 2.51. The van der Waals surface area contributed by atoms with Gasteiger partial charge in [-0.15, -0.1) is 0 Å². The molecule has 0 aliphatic heterocycles. The van der Waals surface area contributed by atoms with Gasteiger partial charge >= 0.3 is 5.97 Å². The van der Waals surface area contributed by atoms with Crippen LogP contribution < -0.4 is 5.73 Å². The Hall–Kier alpha value is -1.35. The molecule has 1 fully saturated rings. The molecule has 1 saturated carbocycles. The summed E-state index contributed by atoms with van der Waals surface area (Å²) in [6.07, 6.45) is 2.13. The van der Waals surface area contributed by atoms with Gasteiger partial charge in [-0.25, -0.2) is 4.79 Å². The highest BCUT2D eigenvalue weighted by molar-refractivity contribution is 5.89. The molecule has 0 heterocycles. The van der Waals surface area contributed by atoms with Crippen LogP contribution >= 0.6 is 0 Å². The zero-order valence-electron chi connectivity index (χ0n) is 10.6. The van der Waals surface area contributed by atoms with Crippen molar-refractivity contribution in [3.8, 4) is 0 Å². The van der Waals surface area contributed by atoms with Gasteiger partial charge in [0.25, 0.3) is 0 Å². The minimum absolute atomic E-state index is 0.0159. The molecule has 0 saturated heterocycles. The maximum atomic E-state index is 11.2. The van der Waals surface area contributed by atoms with Crippen LogP contribution in [0.3, 0.4) is 0 Å². The van der Waals surface area contributed by atoms with Gasteiger partial charge in [-0.1, -0.05) is 6.07 Å². The Labute approximate surface area is 102 Å². The molecule has 1 aromatic rings. The van der Waals surface area contributed by atoms with Crippen LogP contribution in [0.2, 0.25) is 0 Å². The lowest BCUT2D eigenvalue weighted by Crippen LogP contribution is -2.32. The lowest BCUT2D eigenvalue weighted by molar-refractivity contribution is 0.0696. The number of carboxylic acids is 1. The van der Waals surface area contributed by atoms with Gasteiger partial charge in [-0.05, 0) is 56.4 Å². The molecule has 92 valence electrons. The van der Waals surface area contributed by atoms with Crippen molar-refractivity contribution in [2.24, 2.45) is 5.73 Å². The predicted molar refractivity (Wildman–Crippen MR) is 67.4 cm³/mol. The van der Waals surface area contributed by atoms with Gasteiger partial charge in [-0.3, -0.25) is 0 Å². The summed E-state index contributed by atoms with van der Waals surface area (Å²) in [6.45, 7) is 5.88. The first-order valence-electron chi connectivity index (χ1n) is 5.99. The van der Waals surface area contributed by atoms with Crippen LogP contribution in [0.1, 0.15) is 46.8 Å². The van der Waals surface area contributed by atoms with Crippen molar-refractivity contribution in [1.82, 2.24) is 0 Å². The maximum absolute atomic E-state index is 11.2. The summed E-state index contributed by atoms with van der Waals surface area (Å²) < 4.78 is 0. The summed E-state index contributed by atoms with van der Waals surface area (Å²) in [4.78, 5) is 11.2. The second-order valence-electron chi connectivity index (χ2n) is 5.23. The lowest BCUT2D eigenvalue weighted by atomic mass is 9.84. The Bertz CT molecular complexity index is 473. The maximum Gasteiger partial charge on any atom is 0.335 e. The summed E-state index contributed by atoms with van der Waals surface area (Å²) in [5, 5.41) is 9.17. The van der Waals surface area contributed by atoms with Crippen molar-refractivity contribution in [1.29, 1.82) is 0 Å². The van der Waals surface area contributed by atoms with Crippen molar-refractivity contribution in [2.75, 3.05) is 0 Å². The smallest absolute Gasteiger partial charge is 0.335 e. The van der Waals surface area contributed by atoms with Crippen LogP contribution in [-0.4, -0.2) is 17.1 Å². The third-order valence-electron chi connectivity index (χ3n) is 4.00. The lowest BCUT2D eigenvalue weighted by Gasteiger charge is -2.23. The zero-order valence-corrected chi connectivity index (χ0v) is 10.6. The van der Waals surface area contributed by atoms with Gasteiger partial charge in [-0.2, -0.15) is 0 Å². The molecular formula is C14H19NO2. The molecular weight excluding hydrogens is 214 g/mol. The molecule has 0 amide bonds. The molecule has 3 nitrogen and oxygen atoms in total. The molecule has 0 radical (unpaired) electrons. The molecule has 1 aliphatic carbocycles. The molecule has 1 aliphatic rings. The van der Waals surface area contributed by atoms with Gasteiger partial charge in [0.05, 0.1) is 5.56 Å². The molecule has 3 N–H and O–H groups in total. The summed E-state index contributed by atoms with van der Waals surface area (Å²) in [6, 6.07) is 3.86.